The van der Waals surface area contributed by atoms with Crippen molar-refractivity contribution in [2.45, 2.75) is 13.3 Å². The maximum absolute atomic E-state index is 12.9. The minimum Gasteiger partial charge on any atom is -0.469 e. The zero-order valence-electron chi connectivity index (χ0n) is 11.5. The maximum Gasteiger partial charge on any atom is 0.306 e. The van der Waals surface area contributed by atoms with Crippen LogP contribution in [0.25, 0.3) is 0 Å². The highest BCUT2D eigenvalue weighted by Gasteiger charge is 2.19. The van der Waals surface area contributed by atoms with Crippen LogP contribution in [-0.2, 0) is 19.7 Å². The van der Waals surface area contributed by atoms with Crippen molar-refractivity contribution in [3.05, 3.63) is 29.6 Å². The van der Waals surface area contributed by atoms with Gasteiger partial charge in [0.15, 0.2) is 0 Å². The standard InChI is InChI=1S/C12H17FN2O4S/c1-9-8-10(13)4-5-11(9)14-20(17,18)15(2)7-6-12(16)19-3/h4-5,8,14H,6-7H2,1-3H3. The molecule has 20 heavy (non-hydrogen) atoms. The number of nitrogens with one attached hydrogen (secondary N) is 1. The lowest BCUT2D eigenvalue weighted by molar-refractivity contribution is -0.140. The summed E-state index contributed by atoms with van der Waals surface area (Å²) in [5, 5.41) is 0. The number of hydrogen-bond acceptors (Lipinski definition) is 4. The maximum atomic E-state index is 12.9. The Morgan fingerprint density at radius 3 is 2.65 bits per heavy atom. The second-order valence-corrected chi connectivity index (χ2v) is 5.99. The predicted octanol–water partition coefficient (Wildman–Crippen LogP) is 1.29. The Morgan fingerprint density at radius 2 is 2.10 bits per heavy atom. The summed E-state index contributed by atoms with van der Waals surface area (Å²) in [6.07, 6.45) is -0.0453. The van der Waals surface area contributed by atoms with Gasteiger partial charge in [0.1, 0.15) is 5.82 Å². The van der Waals surface area contributed by atoms with Gasteiger partial charge in [-0.2, -0.15) is 12.7 Å². The van der Waals surface area contributed by atoms with Gasteiger partial charge in [0.25, 0.3) is 0 Å². The molecule has 112 valence electrons. The highest BCUT2D eigenvalue weighted by molar-refractivity contribution is 7.90. The number of anilines is 1. The fraction of sp³-hybridized carbons (Fsp3) is 0.417. The average Bonchev–Trinajstić information content (AvgIpc) is 2.38. The van der Waals surface area contributed by atoms with E-state index in [-0.39, 0.29) is 18.7 Å². The molecule has 0 radical (unpaired) electrons. The minimum atomic E-state index is -3.80. The van der Waals surface area contributed by atoms with Crippen LogP contribution < -0.4 is 4.72 Å². The molecule has 0 aliphatic heterocycles. The van der Waals surface area contributed by atoms with Crippen LogP contribution in [0.3, 0.4) is 0 Å². The van der Waals surface area contributed by atoms with Crippen LogP contribution in [0.2, 0.25) is 0 Å². The summed E-state index contributed by atoms with van der Waals surface area (Å²) in [6.45, 7) is 1.58. The summed E-state index contributed by atoms with van der Waals surface area (Å²) in [4.78, 5) is 11.0. The van der Waals surface area contributed by atoms with Crippen molar-refractivity contribution in [2.75, 3.05) is 25.4 Å². The largest absolute Gasteiger partial charge is 0.469 e. The summed E-state index contributed by atoms with van der Waals surface area (Å²) in [5.74, 6) is -0.936. The Labute approximate surface area is 117 Å². The van der Waals surface area contributed by atoms with E-state index < -0.39 is 22.0 Å². The Balaban J connectivity index is 2.76. The smallest absolute Gasteiger partial charge is 0.306 e. The zero-order chi connectivity index (χ0) is 15.3. The summed E-state index contributed by atoms with van der Waals surface area (Å²) in [6, 6.07) is 3.74. The van der Waals surface area contributed by atoms with Gasteiger partial charge in [-0.1, -0.05) is 0 Å². The van der Waals surface area contributed by atoms with Gasteiger partial charge in [-0.05, 0) is 30.7 Å². The first kappa shape index (κ1) is 16.4. The van der Waals surface area contributed by atoms with Gasteiger partial charge < -0.3 is 4.74 Å². The number of ether oxygens (including phenoxy) is 1. The fourth-order valence-corrected chi connectivity index (χ4v) is 2.42. The molecule has 0 aliphatic rings. The molecule has 0 saturated carbocycles. The van der Waals surface area contributed by atoms with E-state index in [2.05, 4.69) is 9.46 Å². The van der Waals surface area contributed by atoms with Gasteiger partial charge in [-0.3, -0.25) is 9.52 Å². The number of halogens is 1. The number of carbonyl (C=O) groups is 1. The lowest BCUT2D eigenvalue weighted by atomic mass is 10.2. The Bertz CT molecular complexity index is 589. The van der Waals surface area contributed by atoms with E-state index in [1.54, 1.807) is 6.92 Å². The van der Waals surface area contributed by atoms with Crippen molar-refractivity contribution >= 4 is 21.9 Å². The minimum absolute atomic E-state index is 0.0117. The molecule has 1 aromatic carbocycles. The molecular formula is C12H17FN2O4S. The monoisotopic (exact) mass is 304 g/mol. The third-order valence-corrected chi connectivity index (χ3v) is 4.18. The molecule has 6 nitrogen and oxygen atoms in total. The number of esters is 1. The number of nitrogens with zero attached hydrogens (tertiary/aromatic N) is 1. The highest BCUT2D eigenvalue weighted by atomic mass is 32.2. The van der Waals surface area contributed by atoms with Crippen LogP contribution in [0.5, 0.6) is 0 Å². The molecule has 0 heterocycles. The fourth-order valence-electron chi connectivity index (χ4n) is 1.43. The van der Waals surface area contributed by atoms with Crippen LogP contribution in [0.15, 0.2) is 18.2 Å². The van der Waals surface area contributed by atoms with Gasteiger partial charge in [0, 0.05) is 13.6 Å². The molecule has 0 spiro atoms. The van der Waals surface area contributed by atoms with Gasteiger partial charge in [0.05, 0.1) is 19.2 Å². The highest BCUT2D eigenvalue weighted by Crippen LogP contribution is 2.18. The van der Waals surface area contributed by atoms with Crippen LogP contribution in [0, 0.1) is 12.7 Å². The molecule has 0 unspecified atom stereocenters. The number of rotatable bonds is 6. The van der Waals surface area contributed by atoms with E-state index in [1.807, 2.05) is 0 Å². The number of carbonyl (C=O) groups excluding carboxylic acids is 1. The Hall–Kier alpha value is -1.67. The molecular weight excluding hydrogens is 287 g/mol. The lowest BCUT2D eigenvalue weighted by Gasteiger charge is -2.18. The normalized spacial score (nSPS) is 11.4. The molecule has 0 saturated heterocycles. The molecule has 8 heteroatoms. The first-order valence-electron chi connectivity index (χ1n) is 5.83. The third kappa shape index (κ3) is 4.46. The Kier molecular flexibility index (Phi) is 5.46. The van der Waals surface area contributed by atoms with E-state index in [0.29, 0.717) is 5.56 Å². The van der Waals surface area contributed by atoms with Gasteiger partial charge in [-0.15, -0.1) is 0 Å². The molecule has 0 aliphatic carbocycles. The summed E-state index contributed by atoms with van der Waals surface area (Å²) in [5.41, 5.74) is 0.756. The van der Waals surface area contributed by atoms with E-state index in [1.165, 1.54) is 32.4 Å². The molecule has 0 atom stereocenters. The molecule has 0 amide bonds. The number of benzene rings is 1. The van der Waals surface area contributed by atoms with Gasteiger partial charge in [-0.25, -0.2) is 4.39 Å². The van der Waals surface area contributed by atoms with Crippen LogP contribution in [-0.4, -0.2) is 39.4 Å². The zero-order valence-corrected chi connectivity index (χ0v) is 12.3. The molecule has 1 N–H and O–H groups in total. The molecule has 1 aromatic rings. The van der Waals surface area contributed by atoms with E-state index in [9.17, 15) is 17.6 Å². The van der Waals surface area contributed by atoms with Crippen molar-refractivity contribution in [1.29, 1.82) is 0 Å². The first-order valence-corrected chi connectivity index (χ1v) is 7.27. The van der Waals surface area contributed by atoms with Crippen molar-refractivity contribution in [3.8, 4) is 0 Å². The average molecular weight is 304 g/mol. The van der Waals surface area contributed by atoms with E-state index in [4.69, 9.17) is 0 Å². The molecule has 0 aromatic heterocycles. The number of aryl methyl sites for hydroxylation is 1. The number of methoxy groups -OCH3 is 1. The summed E-state index contributed by atoms with van der Waals surface area (Å²) < 4.78 is 44.7. The third-order valence-electron chi connectivity index (χ3n) is 2.70. The quantitative estimate of drug-likeness (QED) is 0.803. The lowest BCUT2D eigenvalue weighted by Crippen LogP contribution is -2.34. The molecule has 0 bridgehead atoms. The first-order chi connectivity index (χ1) is 9.26. The van der Waals surface area contributed by atoms with Crippen molar-refractivity contribution < 1.29 is 22.3 Å². The van der Waals surface area contributed by atoms with Crippen LogP contribution >= 0.6 is 0 Å². The van der Waals surface area contributed by atoms with Crippen LogP contribution in [0.1, 0.15) is 12.0 Å². The Morgan fingerprint density at radius 1 is 1.45 bits per heavy atom. The number of hydrogen-bond donors (Lipinski definition) is 1. The van der Waals surface area contributed by atoms with Gasteiger partial charge >= 0.3 is 16.2 Å². The predicted molar refractivity (Wildman–Crippen MR) is 72.9 cm³/mol. The van der Waals surface area contributed by atoms with E-state index >= 15 is 0 Å². The topological polar surface area (TPSA) is 75.7 Å². The SMILES string of the molecule is COC(=O)CCN(C)S(=O)(=O)Nc1ccc(F)cc1C. The van der Waals surface area contributed by atoms with Crippen molar-refractivity contribution in [3.63, 3.8) is 0 Å². The van der Waals surface area contributed by atoms with Crippen LogP contribution in [0.4, 0.5) is 10.1 Å². The summed E-state index contributed by atoms with van der Waals surface area (Å²) >= 11 is 0. The van der Waals surface area contributed by atoms with E-state index in [0.717, 1.165) is 4.31 Å². The second-order valence-electron chi connectivity index (χ2n) is 4.21. The van der Waals surface area contributed by atoms with Crippen molar-refractivity contribution in [2.24, 2.45) is 0 Å². The second kappa shape index (κ2) is 6.67. The van der Waals surface area contributed by atoms with Crippen molar-refractivity contribution in [1.82, 2.24) is 4.31 Å². The molecule has 0 fully saturated rings. The van der Waals surface area contributed by atoms with Gasteiger partial charge in [0.2, 0.25) is 0 Å². The molecule has 1 rings (SSSR count). The summed E-state index contributed by atoms with van der Waals surface area (Å²) in [7, 11) is -1.23.